The Morgan fingerprint density at radius 2 is 2.05 bits per heavy atom. The molecule has 7 heteroatoms. The summed E-state index contributed by atoms with van der Waals surface area (Å²) in [6, 6.07) is 0. The number of hydrogen-bond donors (Lipinski definition) is 1. The second-order valence-electron chi connectivity index (χ2n) is 6.00. The minimum absolute atomic E-state index is 0.160. The quantitative estimate of drug-likeness (QED) is 0.834. The van der Waals surface area contributed by atoms with Crippen molar-refractivity contribution in [1.82, 2.24) is 14.8 Å². The lowest BCUT2D eigenvalue weighted by Gasteiger charge is -2.31. The van der Waals surface area contributed by atoms with E-state index in [1.807, 2.05) is 0 Å². The molecule has 1 aromatic rings. The van der Waals surface area contributed by atoms with E-state index in [2.05, 4.69) is 43.9 Å². The summed E-state index contributed by atoms with van der Waals surface area (Å²) in [6.45, 7) is 11.9. The van der Waals surface area contributed by atoms with Crippen LogP contribution in [0.3, 0.4) is 0 Å². The van der Waals surface area contributed by atoms with Crippen molar-refractivity contribution >= 4 is 15.0 Å². The van der Waals surface area contributed by atoms with Gasteiger partial charge in [0.1, 0.15) is 18.5 Å². The SMILES string of the molecule is Cc1nc(C(O[SiH](C)C)C(C)(C)C)n(CC(=O)O)n1. The fourth-order valence-corrected chi connectivity index (χ4v) is 2.91. The molecule has 6 nitrogen and oxygen atoms in total. The summed E-state index contributed by atoms with van der Waals surface area (Å²) in [5.41, 5.74) is -0.160. The van der Waals surface area contributed by atoms with E-state index in [1.165, 1.54) is 4.68 Å². The highest BCUT2D eigenvalue weighted by molar-refractivity contribution is 6.48. The van der Waals surface area contributed by atoms with Crippen LogP contribution < -0.4 is 0 Å². The molecule has 0 aliphatic heterocycles. The van der Waals surface area contributed by atoms with E-state index in [1.54, 1.807) is 6.92 Å². The van der Waals surface area contributed by atoms with Gasteiger partial charge in [-0.2, -0.15) is 5.10 Å². The molecule has 0 aliphatic rings. The molecule has 1 aromatic heterocycles. The molecule has 0 saturated carbocycles. The molecular formula is C12H23N3O3Si. The first-order chi connectivity index (χ1) is 8.61. The van der Waals surface area contributed by atoms with Crippen molar-refractivity contribution in [3.8, 4) is 0 Å². The van der Waals surface area contributed by atoms with E-state index in [-0.39, 0.29) is 18.1 Å². The first-order valence-corrected chi connectivity index (χ1v) is 9.18. The lowest BCUT2D eigenvalue weighted by molar-refractivity contribution is -0.138. The average Bonchev–Trinajstić information content (AvgIpc) is 2.52. The summed E-state index contributed by atoms with van der Waals surface area (Å²) in [4.78, 5) is 15.3. The summed E-state index contributed by atoms with van der Waals surface area (Å²) in [7, 11) is -1.27. The fourth-order valence-electron chi connectivity index (χ4n) is 1.83. The largest absolute Gasteiger partial charge is 0.480 e. The maximum Gasteiger partial charge on any atom is 0.325 e. The zero-order valence-corrected chi connectivity index (χ0v) is 13.6. The Hall–Kier alpha value is -1.21. The molecule has 0 aliphatic carbocycles. The number of carbonyl (C=O) groups is 1. The van der Waals surface area contributed by atoms with Crippen molar-refractivity contribution in [1.29, 1.82) is 0 Å². The molecule has 0 saturated heterocycles. The molecule has 0 aromatic carbocycles. The van der Waals surface area contributed by atoms with E-state index in [0.29, 0.717) is 11.6 Å². The highest BCUT2D eigenvalue weighted by Gasteiger charge is 2.32. The Morgan fingerprint density at radius 1 is 1.47 bits per heavy atom. The minimum atomic E-state index is -1.27. The van der Waals surface area contributed by atoms with Crippen LogP contribution in [0.25, 0.3) is 0 Å². The lowest BCUT2D eigenvalue weighted by atomic mass is 9.88. The molecule has 1 atom stereocenters. The van der Waals surface area contributed by atoms with Crippen LogP contribution in [0.5, 0.6) is 0 Å². The van der Waals surface area contributed by atoms with E-state index in [4.69, 9.17) is 9.53 Å². The maximum atomic E-state index is 10.9. The molecule has 1 unspecified atom stereocenters. The van der Waals surface area contributed by atoms with Gasteiger partial charge in [0.25, 0.3) is 0 Å². The summed E-state index contributed by atoms with van der Waals surface area (Å²) in [5, 5.41) is 13.1. The Kier molecular flexibility index (Phi) is 4.86. The molecule has 19 heavy (non-hydrogen) atoms. The number of carboxylic acids is 1. The van der Waals surface area contributed by atoms with Crippen molar-refractivity contribution in [3.63, 3.8) is 0 Å². The van der Waals surface area contributed by atoms with Gasteiger partial charge in [-0.3, -0.25) is 4.79 Å². The second-order valence-corrected chi connectivity index (χ2v) is 8.37. The Bertz CT molecular complexity index is 452. The van der Waals surface area contributed by atoms with Gasteiger partial charge < -0.3 is 9.53 Å². The van der Waals surface area contributed by atoms with Gasteiger partial charge in [0.15, 0.2) is 14.9 Å². The van der Waals surface area contributed by atoms with Crippen molar-refractivity contribution in [2.24, 2.45) is 5.41 Å². The number of nitrogens with zero attached hydrogens (tertiary/aromatic N) is 3. The van der Waals surface area contributed by atoms with Crippen LogP contribution in [0, 0.1) is 12.3 Å². The third-order valence-electron chi connectivity index (χ3n) is 2.52. The predicted molar refractivity (Wildman–Crippen MR) is 74.6 cm³/mol. The second kappa shape index (κ2) is 5.83. The van der Waals surface area contributed by atoms with E-state index in [9.17, 15) is 4.79 Å². The van der Waals surface area contributed by atoms with Gasteiger partial charge in [-0.25, -0.2) is 9.67 Å². The average molecular weight is 285 g/mol. The lowest BCUT2D eigenvalue weighted by Crippen LogP contribution is -2.29. The number of aliphatic carboxylic acids is 1. The number of carboxylic acid groups (broad SMARTS) is 1. The molecule has 108 valence electrons. The Labute approximate surface area is 115 Å². The molecule has 0 bridgehead atoms. The predicted octanol–water partition coefficient (Wildman–Crippen LogP) is 1.76. The van der Waals surface area contributed by atoms with Gasteiger partial charge in [-0.1, -0.05) is 20.8 Å². The molecule has 0 amide bonds. The molecular weight excluding hydrogens is 262 g/mol. The van der Waals surface area contributed by atoms with Gasteiger partial charge in [0.05, 0.1) is 0 Å². The number of hydrogen-bond acceptors (Lipinski definition) is 4. The fraction of sp³-hybridized carbons (Fsp3) is 0.750. The maximum absolute atomic E-state index is 10.9. The highest BCUT2D eigenvalue weighted by Crippen LogP contribution is 2.35. The van der Waals surface area contributed by atoms with E-state index < -0.39 is 15.0 Å². The van der Waals surface area contributed by atoms with Gasteiger partial charge >= 0.3 is 5.97 Å². The third-order valence-corrected chi connectivity index (χ3v) is 3.34. The zero-order valence-electron chi connectivity index (χ0n) is 12.5. The first kappa shape index (κ1) is 15.8. The van der Waals surface area contributed by atoms with Crippen molar-refractivity contribution in [2.75, 3.05) is 0 Å². The summed E-state index contributed by atoms with van der Waals surface area (Å²) in [6.07, 6.45) is -0.236. The number of aromatic nitrogens is 3. The van der Waals surface area contributed by atoms with Gasteiger partial charge in [-0.05, 0) is 25.4 Å². The van der Waals surface area contributed by atoms with Gasteiger partial charge in [0.2, 0.25) is 0 Å². The molecule has 0 radical (unpaired) electrons. The smallest absolute Gasteiger partial charge is 0.325 e. The first-order valence-electron chi connectivity index (χ1n) is 6.40. The number of aryl methyl sites for hydroxylation is 1. The van der Waals surface area contributed by atoms with E-state index >= 15 is 0 Å². The van der Waals surface area contributed by atoms with Crippen LogP contribution in [0.2, 0.25) is 13.1 Å². The molecule has 1 heterocycles. The minimum Gasteiger partial charge on any atom is -0.480 e. The van der Waals surface area contributed by atoms with Crippen molar-refractivity contribution < 1.29 is 14.3 Å². The van der Waals surface area contributed by atoms with Gasteiger partial charge in [-0.15, -0.1) is 0 Å². The van der Waals surface area contributed by atoms with Gasteiger partial charge in [0, 0.05) is 0 Å². The molecule has 1 rings (SSSR count). The summed E-state index contributed by atoms with van der Waals surface area (Å²) >= 11 is 0. The molecule has 0 fully saturated rings. The van der Waals surface area contributed by atoms with Crippen LogP contribution in [0.4, 0.5) is 0 Å². The highest BCUT2D eigenvalue weighted by atomic mass is 28.3. The van der Waals surface area contributed by atoms with Crippen LogP contribution in [-0.4, -0.2) is 34.9 Å². The van der Waals surface area contributed by atoms with Crippen LogP contribution in [0.15, 0.2) is 0 Å². The summed E-state index contributed by atoms with van der Waals surface area (Å²) in [5.74, 6) is 0.244. The third kappa shape index (κ3) is 4.43. The van der Waals surface area contributed by atoms with Crippen LogP contribution in [-0.2, 0) is 15.8 Å². The Balaban J connectivity index is 3.18. The van der Waals surface area contributed by atoms with Crippen molar-refractivity contribution in [3.05, 3.63) is 11.6 Å². The zero-order chi connectivity index (χ0) is 14.8. The standard InChI is InChI=1S/C12H23N3O3Si/c1-8-13-11(15(14-8)7-9(16)17)10(12(2,3)4)18-19(5)6/h10,19H,7H2,1-6H3,(H,16,17). The molecule has 1 N–H and O–H groups in total. The molecule has 0 spiro atoms. The van der Waals surface area contributed by atoms with E-state index in [0.717, 1.165) is 0 Å². The van der Waals surface area contributed by atoms with Crippen molar-refractivity contribution in [2.45, 2.75) is 53.4 Å². The van der Waals surface area contributed by atoms with Crippen LogP contribution in [0.1, 0.15) is 38.5 Å². The Morgan fingerprint density at radius 3 is 2.47 bits per heavy atom. The number of rotatable bonds is 5. The normalized spacial score (nSPS) is 13.8. The van der Waals surface area contributed by atoms with Crippen LogP contribution >= 0.6 is 0 Å². The monoisotopic (exact) mass is 285 g/mol. The summed E-state index contributed by atoms with van der Waals surface area (Å²) < 4.78 is 7.49. The topological polar surface area (TPSA) is 77.2 Å².